The molecule has 2 aliphatic rings. The standard InChI is InChI=1S/C21H21ClFN7S/c1-8-21(30-10-3-6-14(30)16(23)12(24)7-10)27-20-18(25-8)17(28-29-20)11-4-5-13-19(15(11)22)31-9(2)26-13/h4-5,10,12,14,16H,3,6-7,24H2,1-2H3,(H,27,28,29)/t10-,12-,14+,16-/m0/s1. The van der Waals surface area contributed by atoms with E-state index >= 15 is 0 Å². The highest BCUT2D eigenvalue weighted by Crippen LogP contribution is 2.42. The number of rotatable bonds is 2. The summed E-state index contributed by atoms with van der Waals surface area (Å²) in [7, 11) is 0. The summed E-state index contributed by atoms with van der Waals surface area (Å²) in [6.45, 7) is 3.88. The monoisotopic (exact) mass is 457 g/mol. The van der Waals surface area contributed by atoms with Gasteiger partial charge in [0.2, 0.25) is 5.65 Å². The number of hydrogen-bond donors (Lipinski definition) is 2. The Hall–Kier alpha value is -2.36. The Bertz CT molecular complexity index is 1330. The number of H-pyrrole nitrogens is 1. The number of fused-ring (bicyclic) bond motifs is 4. The first-order chi connectivity index (χ1) is 14.9. The maximum Gasteiger partial charge on any atom is 0.202 e. The van der Waals surface area contributed by atoms with Crippen molar-refractivity contribution in [1.29, 1.82) is 0 Å². The molecular weight excluding hydrogens is 437 g/mol. The van der Waals surface area contributed by atoms with Crippen LogP contribution in [0.2, 0.25) is 5.02 Å². The van der Waals surface area contributed by atoms with Crippen LogP contribution < -0.4 is 10.6 Å². The van der Waals surface area contributed by atoms with E-state index in [9.17, 15) is 4.39 Å². The van der Waals surface area contributed by atoms with Crippen LogP contribution in [-0.4, -0.2) is 49.4 Å². The average molecular weight is 458 g/mol. The van der Waals surface area contributed by atoms with Gasteiger partial charge in [-0.3, -0.25) is 5.10 Å². The van der Waals surface area contributed by atoms with Crippen LogP contribution in [0.4, 0.5) is 10.2 Å². The fourth-order valence-corrected chi connectivity index (χ4v) is 6.35. The highest BCUT2D eigenvalue weighted by Gasteiger charge is 2.47. The molecular formula is C21H21ClFN7S. The van der Waals surface area contributed by atoms with Gasteiger partial charge in [-0.15, -0.1) is 11.3 Å². The minimum atomic E-state index is -1.06. The highest BCUT2D eigenvalue weighted by molar-refractivity contribution is 7.19. The maximum absolute atomic E-state index is 14.8. The zero-order valence-corrected chi connectivity index (χ0v) is 18.6. The Morgan fingerprint density at radius 1 is 1.23 bits per heavy atom. The lowest BCUT2D eigenvalue weighted by Gasteiger charge is -2.41. The summed E-state index contributed by atoms with van der Waals surface area (Å²) in [6, 6.07) is 3.43. The molecule has 6 rings (SSSR count). The summed E-state index contributed by atoms with van der Waals surface area (Å²) in [5.74, 6) is 0.701. The van der Waals surface area contributed by atoms with E-state index in [0.717, 1.165) is 45.0 Å². The number of halogens is 2. The predicted molar refractivity (Wildman–Crippen MR) is 122 cm³/mol. The normalized spacial score (nSPS) is 25.8. The van der Waals surface area contributed by atoms with Crippen LogP contribution in [0.5, 0.6) is 0 Å². The molecule has 10 heteroatoms. The number of piperidine rings is 1. The summed E-state index contributed by atoms with van der Waals surface area (Å²) >= 11 is 8.29. The van der Waals surface area contributed by atoms with Crippen molar-refractivity contribution in [1.82, 2.24) is 25.1 Å². The Morgan fingerprint density at radius 2 is 2.06 bits per heavy atom. The number of thiazole rings is 1. The minimum absolute atomic E-state index is 0.197. The highest BCUT2D eigenvalue weighted by atomic mass is 35.5. The summed E-state index contributed by atoms with van der Waals surface area (Å²) in [4.78, 5) is 16.2. The van der Waals surface area contributed by atoms with Gasteiger partial charge in [-0.1, -0.05) is 11.6 Å². The van der Waals surface area contributed by atoms with Crippen molar-refractivity contribution in [2.24, 2.45) is 5.73 Å². The Kier molecular flexibility index (Phi) is 4.25. The molecule has 7 nitrogen and oxygen atoms in total. The molecule has 3 aromatic heterocycles. The fraction of sp³-hybridized carbons (Fsp3) is 0.429. The van der Waals surface area contributed by atoms with E-state index in [-0.39, 0.29) is 12.1 Å². The Labute approximate surface area is 186 Å². The number of aromatic nitrogens is 5. The summed E-state index contributed by atoms with van der Waals surface area (Å²) in [5, 5.41) is 9.06. The first-order valence-electron chi connectivity index (χ1n) is 10.4. The van der Waals surface area contributed by atoms with Gasteiger partial charge >= 0.3 is 0 Å². The van der Waals surface area contributed by atoms with Gasteiger partial charge in [-0.05, 0) is 45.2 Å². The lowest BCUT2D eigenvalue weighted by atomic mass is 9.96. The van der Waals surface area contributed by atoms with E-state index in [0.29, 0.717) is 28.4 Å². The maximum atomic E-state index is 14.8. The van der Waals surface area contributed by atoms with Gasteiger partial charge in [0.05, 0.1) is 37.7 Å². The second-order valence-corrected chi connectivity index (χ2v) is 10.0. The van der Waals surface area contributed by atoms with Gasteiger partial charge in [0.15, 0.2) is 5.82 Å². The third-order valence-electron chi connectivity index (χ3n) is 6.52. The van der Waals surface area contributed by atoms with E-state index in [1.54, 1.807) is 11.3 Å². The molecule has 2 saturated heterocycles. The summed E-state index contributed by atoms with van der Waals surface area (Å²) in [5.41, 5.74) is 10.3. The Balaban J connectivity index is 1.46. The fourth-order valence-electron chi connectivity index (χ4n) is 5.12. The Morgan fingerprint density at radius 3 is 2.90 bits per heavy atom. The van der Waals surface area contributed by atoms with Gasteiger partial charge in [0.25, 0.3) is 0 Å². The number of alkyl halides is 1. The molecule has 0 spiro atoms. The number of nitrogens with one attached hydrogen (secondary N) is 1. The van der Waals surface area contributed by atoms with Crippen LogP contribution in [0.25, 0.3) is 32.6 Å². The van der Waals surface area contributed by atoms with Crippen LogP contribution in [0, 0.1) is 13.8 Å². The van der Waals surface area contributed by atoms with E-state index < -0.39 is 12.2 Å². The molecule has 0 amide bonds. The molecule has 4 atom stereocenters. The second kappa shape index (κ2) is 6.82. The predicted octanol–water partition coefficient (Wildman–Crippen LogP) is 4.31. The number of aromatic amines is 1. The molecule has 0 radical (unpaired) electrons. The zero-order chi connectivity index (χ0) is 21.4. The van der Waals surface area contributed by atoms with Crippen molar-refractivity contribution in [2.75, 3.05) is 4.90 Å². The van der Waals surface area contributed by atoms with Crippen LogP contribution in [0.15, 0.2) is 12.1 Å². The summed E-state index contributed by atoms with van der Waals surface area (Å²) in [6.07, 6.45) is 1.29. The molecule has 0 aliphatic carbocycles. The van der Waals surface area contributed by atoms with Crippen LogP contribution in [-0.2, 0) is 0 Å². The number of nitrogens with zero attached hydrogens (tertiary/aromatic N) is 5. The lowest BCUT2D eigenvalue weighted by Crippen LogP contribution is -2.56. The van der Waals surface area contributed by atoms with E-state index in [4.69, 9.17) is 27.3 Å². The van der Waals surface area contributed by atoms with Crippen molar-refractivity contribution in [3.05, 3.63) is 27.9 Å². The van der Waals surface area contributed by atoms with Gasteiger partial charge in [0, 0.05) is 17.6 Å². The van der Waals surface area contributed by atoms with Gasteiger partial charge in [-0.25, -0.2) is 19.3 Å². The van der Waals surface area contributed by atoms with Crippen molar-refractivity contribution >= 4 is 50.1 Å². The molecule has 0 unspecified atom stereocenters. The first kappa shape index (κ1) is 19.3. The van der Waals surface area contributed by atoms with E-state index in [1.165, 1.54) is 0 Å². The second-order valence-electron chi connectivity index (χ2n) is 8.46. The molecule has 5 heterocycles. The molecule has 1 aromatic carbocycles. The molecule has 2 bridgehead atoms. The van der Waals surface area contributed by atoms with E-state index in [2.05, 4.69) is 20.1 Å². The molecule has 2 fully saturated rings. The smallest absolute Gasteiger partial charge is 0.202 e. The SMILES string of the molecule is Cc1nc2ccc(-c3[nH]nc4nc(N5[C@H]6CC[C@@H]5[C@@H](F)[C@@H](N)C6)c(C)nc34)c(Cl)c2s1. The molecule has 31 heavy (non-hydrogen) atoms. The number of aryl methyl sites for hydroxylation is 2. The van der Waals surface area contributed by atoms with Crippen LogP contribution in [0.1, 0.15) is 30.0 Å². The molecule has 2 aliphatic heterocycles. The number of nitrogens with two attached hydrogens (primary N) is 1. The summed E-state index contributed by atoms with van der Waals surface area (Å²) < 4.78 is 15.7. The third-order valence-corrected chi connectivity index (χ3v) is 8.03. The van der Waals surface area contributed by atoms with Gasteiger partial charge in [-0.2, -0.15) is 5.10 Å². The quantitative estimate of drug-likeness (QED) is 0.465. The topological polar surface area (TPSA) is 96.6 Å². The number of benzene rings is 1. The van der Waals surface area contributed by atoms with Crippen molar-refractivity contribution < 1.29 is 4.39 Å². The van der Waals surface area contributed by atoms with Gasteiger partial charge in [0.1, 0.15) is 11.7 Å². The molecule has 4 aromatic rings. The van der Waals surface area contributed by atoms with E-state index in [1.807, 2.05) is 26.0 Å². The van der Waals surface area contributed by atoms with Gasteiger partial charge < -0.3 is 10.6 Å². The minimum Gasteiger partial charge on any atom is -0.346 e. The number of anilines is 1. The van der Waals surface area contributed by atoms with Crippen molar-refractivity contribution in [3.63, 3.8) is 0 Å². The van der Waals surface area contributed by atoms with Crippen LogP contribution in [0.3, 0.4) is 0 Å². The molecule has 3 N–H and O–H groups in total. The number of hydrogen-bond acceptors (Lipinski definition) is 7. The molecule has 0 saturated carbocycles. The first-order valence-corrected chi connectivity index (χ1v) is 11.6. The molecule has 160 valence electrons. The van der Waals surface area contributed by atoms with Crippen LogP contribution >= 0.6 is 22.9 Å². The average Bonchev–Trinajstić information content (AvgIpc) is 3.41. The largest absolute Gasteiger partial charge is 0.346 e. The van der Waals surface area contributed by atoms with Crippen molar-refractivity contribution in [2.45, 2.75) is 57.4 Å². The lowest BCUT2D eigenvalue weighted by molar-refractivity contribution is 0.203. The zero-order valence-electron chi connectivity index (χ0n) is 17.1. The van der Waals surface area contributed by atoms with Crippen molar-refractivity contribution in [3.8, 4) is 11.3 Å². The third kappa shape index (κ3) is 2.79.